The highest BCUT2D eigenvalue weighted by Crippen LogP contribution is 2.33. The molecule has 3 rings (SSSR count). The van der Waals surface area contributed by atoms with Gasteiger partial charge in [-0.25, -0.2) is 13.2 Å². The molecule has 0 N–H and O–H groups in total. The monoisotopic (exact) mass is 396 g/mol. The zero-order valence-corrected chi connectivity index (χ0v) is 16.5. The highest BCUT2D eigenvalue weighted by Gasteiger charge is 2.14. The predicted octanol–water partition coefficient (Wildman–Crippen LogP) is 7.65. The first-order valence-electron chi connectivity index (χ1n) is 9.66. The molecule has 0 heterocycles. The maximum absolute atomic E-state index is 14.8. The van der Waals surface area contributed by atoms with Gasteiger partial charge in [0.15, 0.2) is 23.2 Å². The van der Waals surface area contributed by atoms with E-state index in [-0.39, 0.29) is 16.9 Å². The summed E-state index contributed by atoms with van der Waals surface area (Å²) >= 11 is 0. The molecule has 150 valence electrons. The van der Waals surface area contributed by atoms with Gasteiger partial charge in [-0.3, -0.25) is 0 Å². The van der Waals surface area contributed by atoms with Gasteiger partial charge in [0.25, 0.3) is 0 Å². The Morgan fingerprint density at radius 3 is 2.31 bits per heavy atom. The molecule has 0 atom stereocenters. The first-order chi connectivity index (χ1) is 14.0. The topological polar surface area (TPSA) is 9.23 Å². The maximum atomic E-state index is 14.8. The van der Waals surface area contributed by atoms with E-state index in [4.69, 9.17) is 4.74 Å². The van der Waals surface area contributed by atoms with Crippen LogP contribution in [0.25, 0.3) is 22.4 Å². The van der Waals surface area contributed by atoms with E-state index in [1.165, 1.54) is 24.3 Å². The minimum Gasteiger partial charge on any atom is -0.491 e. The second-order valence-electron chi connectivity index (χ2n) is 6.68. The molecule has 3 aromatic carbocycles. The number of aryl methyl sites for hydroxylation is 1. The van der Waals surface area contributed by atoms with Crippen molar-refractivity contribution in [2.24, 2.45) is 0 Å². The Balaban J connectivity index is 1.89. The summed E-state index contributed by atoms with van der Waals surface area (Å²) in [5, 5.41) is 0.782. The quantitative estimate of drug-likeness (QED) is 0.294. The lowest BCUT2D eigenvalue weighted by atomic mass is 10.0. The van der Waals surface area contributed by atoms with Crippen LogP contribution in [-0.4, -0.2) is 6.61 Å². The van der Waals surface area contributed by atoms with Crippen LogP contribution in [0.5, 0.6) is 5.75 Å². The average Bonchev–Trinajstić information content (AvgIpc) is 2.75. The molecule has 0 fully saturated rings. The zero-order valence-electron chi connectivity index (χ0n) is 16.5. The molecule has 0 saturated carbocycles. The van der Waals surface area contributed by atoms with Gasteiger partial charge in [0.05, 0.1) is 6.61 Å². The molecule has 1 nitrogen and oxygen atoms in total. The maximum Gasteiger partial charge on any atom is 0.172 e. The SMILES string of the molecule is C/C=C/CCc1ccc(C(F)=C(F)c2ccc3c(F)c(OCC)ccc3c2)cc1. The summed E-state index contributed by atoms with van der Waals surface area (Å²) in [5.74, 6) is -2.27. The highest BCUT2D eigenvalue weighted by atomic mass is 19.2. The Morgan fingerprint density at radius 1 is 0.931 bits per heavy atom. The Bertz CT molecular complexity index is 1050. The van der Waals surface area contributed by atoms with Crippen molar-refractivity contribution in [1.29, 1.82) is 0 Å². The Hall–Kier alpha value is -3.01. The second-order valence-corrected chi connectivity index (χ2v) is 6.68. The lowest BCUT2D eigenvalue weighted by Crippen LogP contribution is -1.95. The summed E-state index contributed by atoms with van der Waals surface area (Å²) in [6.07, 6.45) is 5.80. The molecule has 0 aliphatic rings. The molecular weight excluding hydrogens is 373 g/mol. The van der Waals surface area contributed by atoms with Crippen LogP contribution in [0.4, 0.5) is 13.2 Å². The van der Waals surface area contributed by atoms with Gasteiger partial charge in [-0.05, 0) is 49.8 Å². The number of hydrogen-bond acceptors (Lipinski definition) is 1. The fourth-order valence-corrected chi connectivity index (χ4v) is 3.16. The summed E-state index contributed by atoms with van der Waals surface area (Å²) in [6, 6.07) is 14.2. The summed E-state index contributed by atoms with van der Waals surface area (Å²) < 4.78 is 49.2. The highest BCUT2D eigenvalue weighted by molar-refractivity contribution is 5.91. The summed E-state index contributed by atoms with van der Waals surface area (Å²) in [4.78, 5) is 0. The van der Waals surface area contributed by atoms with E-state index in [1.807, 2.05) is 13.0 Å². The van der Waals surface area contributed by atoms with Crippen LogP contribution in [0.1, 0.15) is 37.0 Å². The molecular formula is C25H23F3O. The smallest absolute Gasteiger partial charge is 0.172 e. The van der Waals surface area contributed by atoms with Crippen LogP contribution in [0.2, 0.25) is 0 Å². The molecule has 0 radical (unpaired) electrons. The third-order valence-electron chi connectivity index (χ3n) is 4.71. The fraction of sp³-hybridized carbons (Fsp3) is 0.200. The van der Waals surface area contributed by atoms with E-state index >= 15 is 0 Å². The summed E-state index contributed by atoms with van der Waals surface area (Å²) in [7, 11) is 0. The standard InChI is InChI=1S/C25H23F3O/c1-3-5-6-7-17-8-10-18(11-9-17)23(26)24(27)20-12-14-21-19(16-20)13-15-22(25(21)28)29-4-2/h3,5,8-16H,4,6-7H2,1-2H3/b5-3+,24-23?. The van der Waals surface area contributed by atoms with Gasteiger partial charge in [-0.2, -0.15) is 0 Å². The van der Waals surface area contributed by atoms with Crippen LogP contribution in [0.15, 0.2) is 66.7 Å². The van der Waals surface area contributed by atoms with Crippen molar-refractivity contribution >= 4 is 22.4 Å². The summed E-state index contributed by atoms with van der Waals surface area (Å²) in [6.45, 7) is 4.08. The number of ether oxygens (including phenoxy) is 1. The molecule has 0 aromatic heterocycles. The van der Waals surface area contributed by atoms with Crippen molar-refractivity contribution in [3.05, 3.63) is 89.3 Å². The van der Waals surface area contributed by atoms with Gasteiger partial charge >= 0.3 is 0 Å². The van der Waals surface area contributed by atoms with Crippen LogP contribution in [0, 0.1) is 5.82 Å². The molecule has 0 aliphatic carbocycles. The lowest BCUT2D eigenvalue weighted by molar-refractivity contribution is 0.323. The molecule has 4 heteroatoms. The van der Waals surface area contributed by atoms with Crippen molar-refractivity contribution < 1.29 is 17.9 Å². The molecule has 3 aromatic rings. The van der Waals surface area contributed by atoms with Gasteiger partial charge in [0, 0.05) is 16.5 Å². The van der Waals surface area contributed by atoms with E-state index in [0.29, 0.717) is 17.4 Å². The second kappa shape index (κ2) is 9.46. The number of rotatable bonds is 7. The van der Waals surface area contributed by atoms with Gasteiger partial charge in [-0.15, -0.1) is 0 Å². The van der Waals surface area contributed by atoms with Crippen molar-refractivity contribution in [2.45, 2.75) is 26.7 Å². The number of hydrogen-bond donors (Lipinski definition) is 0. The molecule has 0 bridgehead atoms. The Labute approximate surface area is 169 Å². The van der Waals surface area contributed by atoms with E-state index in [1.54, 1.807) is 37.3 Å². The third kappa shape index (κ3) is 4.70. The Morgan fingerprint density at radius 2 is 1.62 bits per heavy atom. The normalized spacial score (nSPS) is 12.4. The van der Waals surface area contributed by atoms with E-state index in [9.17, 15) is 13.2 Å². The number of halogens is 3. The van der Waals surface area contributed by atoms with Crippen molar-refractivity contribution in [3.63, 3.8) is 0 Å². The minimum atomic E-state index is -0.970. The molecule has 0 aliphatic heterocycles. The van der Waals surface area contributed by atoms with Crippen molar-refractivity contribution in [3.8, 4) is 5.75 Å². The van der Waals surface area contributed by atoms with Crippen LogP contribution >= 0.6 is 0 Å². The zero-order chi connectivity index (χ0) is 20.8. The van der Waals surface area contributed by atoms with E-state index in [0.717, 1.165) is 18.4 Å². The van der Waals surface area contributed by atoms with Crippen LogP contribution in [-0.2, 0) is 6.42 Å². The van der Waals surface area contributed by atoms with E-state index < -0.39 is 17.5 Å². The first-order valence-corrected chi connectivity index (χ1v) is 9.66. The fourth-order valence-electron chi connectivity index (χ4n) is 3.16. The van der Waals surface area contributed by atoms with Crippen LogP contribution in [0.3, 0.4) is 0 Å². The average molecular weight is 396 g/mol. The number of fused-ring (bicyclic) bond motifs is 1. The van der Waals surface area contributed by atoms with Gasteiger partial charge < -0.3 is 4.74 Å². The summed E-state index contributed by atoms with van der Waals surface area (Å²) in [5.41, 5.74) is 1.30. The number of benzene rings is 3. The van der Waals surface area contributed by atoms with Crippen LogP contribution < -0.4 is 4.74 Å². The molecule has 0 spiro atoms. The molecule has 29 heavy (non-hydrogen) atoms. The molecule has 0 amide bonds. The first kappa shape index (κ1) is 20.7. The lowest BCUT2D eigenvalue weighted by Gasteiger charge is -2.09. The predicted molar refractivity (Wildman–Crippen MR) is 114 cm³/mol. The van der Waals surface area contributed by atoms with Crippen molar-refractivity contribution in [1.82, 2.24) is 0 Å². The molecule has 0 unspecified atom stereocenters. The van der Waals surface area contributed by atoms with Crippen molar-refractivity contribution in [2.75, 3.05) is 6.61 Å². The van der Waals surface area contributed by atoms with E-state index in [2.05, 4.69) is 6.08 Å². The Kier molecular flexibility index (Phi) is 6.76. The van der Waals surface area contributed by atoms with Gasteiger partial charge in [-0.1, -0.05) is 54.6 Å². The molecule has 0 saturated heterocycles. The minimum absolute atomic E-state index is 0.0655. The third-order valence-corrected chi connectivity index (χ3v) is 4.71. The number of allylic oxidation sites excluding steroid dienone is 2. The van der Waals surface area contributed by atoms with Gasteiger partial charge in [0.1, 0.15) is 0 Å². The van der Waals surface area contributed by atoms with Gasteiger partial charge in [0.2, 0.25) is 0 Å². The largest absolute Gasteiger partial charge is 0.491 e.